The van der Waals surface area contributed by atoms with Crippen LogP contribution in [0.25, 0.3) is 0 Å². The maximum Gasteiger partial charge on any atom is 0.255 e. The number of nitrogens with two attached hydrogens (primary N) is 2. The molecule has 3 rings (SSSR count). The third kappa shape index (κ3) is 3.31. The summed E-state index contributed by atoms with van der Waals surface area (Å²) in [7, 11) is 0. The van der Waals surface area contributed by atoms with Gasteiger partial charge < -0.3 is 21.9 Å². The largest absolute Gasteiger partial charge is 0.508 e. The molecule has 6 nitrogen and oxygen atoms in total. The zero-order valence-electron chi connectivity index (χ0n) is 12.6. The van der Waals surface area contributed by atoms with Crippen LogP contribution in [0.4, 0.5) is 11.5 Å². The normalized spacial score (nSPS) is 11.8. The summed E-state index contributed by atoms with van der Waals surface area (Å²) in [6.45, 7) is 0. The summed E-state index contributed by atoms with van der Waals surface area (Å²) < 4.78 is 0. The Morgan fingerprint density at radius 3 is 2.75 bits per heavy atom. The monoisotopic (exact) mass is 340 g/mol. The fourth-order valence-electron chi connectivity index (χ4n) is 2.36. The number of carbonyl (C=O) groups is 1. The van der Waals surface area contributed by atoms with Gasteiger partial charge in [-0.1, -0.05) is 18.2 Å². The first-order chi connectivity index (χ1) is 11.5. The second kappa shape index (κ2) is 6.59. The minimum absolute atomic E-state index is 0.113. The van der Waals surface area contributed by atoms with Crippen molar-refractivity contribution in [3.8, 4) is 5.75 Å². The van der Waals surface area contributed by atoms with E-state index in [4.69, 9.17) is 11.5 Å². The van der Waals surface area contributed by atoms with E-state index in [0.717, 1.165) is 10.4 Å². The smallest absolute Gasteiger partial charge is 0.255 e. The third-order valence-corrected chi connectivity index (χ3v) is 4.43. The van der Waals surface area contributed by atoms with Crippen LogP contribution in [-0.4, -0.2) is 16.0 Å². The minimum Gasteiger partial charge on any atom is -0.508 e. The number of carbonyl (C=O) groups excluding carboxylic acids is 1. The Morgan fingerprint density at radius 1 is 1.21 bits per heavy atom. The van der Waals surface area contributed by atoms with Crippen molar-refractivity contribution < 1.29 is 9.90 Å². The van der Waals surface area contributed by atoms with Crippen LogP contribution in [0.1, 0.15) is 26.8 Å². The van der Waals surface area contributed by atoms with Crippen molar-refractivity contribution in [2.45, 2.75) is 6.04 Å². The molecule has 7 heteroatoms. The van der Waals surface area contributed by atoms with Gasteiger partial charge in [0.25, 0.3) is 5.91 Å². The molecule has 24 heavy (non-hydrogen) atoms. The number of nitrogens with zero attached hydrogens (tertiary/aromatic N) is 1. The van der Waals surface area contributed by atoms with Gasteiger partial charge in [-0.15, -0.1) is 11.3 Å². The zero-order valence-corrected chi connectivity index (χ0v) is 13.5. The molecule has 0 aliphatic rings. The van der Waals surface area contributed by atoms with Crippen molar-refractivity contribution in [2.24, 2.45) is 0 Å². The second-order valence-corrected chi connectivity index (χ2v) is 6.20. The van der Waals surface area contributed by atoms with E-state index in [1.807, 2.05) is 23.6 Å². The van der Waals surface area contributed by atoms with Crippen molar-refractivity contribution in [3.05, 3.63) is 70.0 Å². The van der Waals surface area contributed by atoms with E-state index in [1.54, 1.807) is 18.2 Å². The van der Waals surface area contributed by atoms with Crippen LogP contribution in [0.5, 0.6) is 5.75 Å². The van der Waals surface area contributed by atoms with Gasteiger partial charge in [0, 0.05) is 4.88 Å². The number of aromatic nitrogens is 1. The van der Waals surface area contributed by atoms with Gasteiger partial charge >= 0.3 is 0 Å². The van der Waals surface area contributed by atoms with Gasteiger partial charge in [-0.2, -0.15) is 0 Å². The van der Waals surface area contributed by atoms with E-state index in [2.05, 4.69) is 10.3 Å². The average Bonchev–Trinajstić information content (AvgIpc) is 3.09. The number of amides is 1. The Labute approximate surface area is 142 Å². The SMILES string of the molecule is Nc1cnc(N)c(C(=O)NC(c2cccc(O)c2)c2cccs2)c1. The Bertz CT molecular complexity index is 865. The number of nitrogen functional groups attached to an aromatic ring is 2. The van der Waals surface area contributed by atoms with Gasteiger partial charge in [-0.05, 0) is 35.2 Å². The number of pyridine rings is 1. The Kier molecular flexibility index (Phi) is 4.35. The van der Waals surface area contributed by atoms with E-state index in [-0.39, 0.29) is 23.0 Å². The lowest BCUT2D eigenvalue weighted by atomic mass is 10.0. The van der Waals surface area contributed by atoms with E-state index in [0.29, 0.717) is 5.69 Å². The molecule has 0 saturated heterocycles. The molecular formula is C17H16N4O2S. The number of anilines is 2. The molecule has 1 aromatic carbocycles. The molecule has 2 heterocycles. The average molecular weight is 340 g/mol. The number of nitrogens with one attached hydrogen (secondary N) is 1. The molecule has 0 aliphatic carbocycles. The highest BCUT2D eigenvalue weighted by Crippen LogP contribution is 2.28. The zero-order chi connectivity index (χ0) is 17.1. The molecule has 2 aromatic heterocycles. The highest BCUT2D eigenvalue weighted by Gasteiger charge is 2.21. The maximum atomic E-state index is 12.6. The number of thiophene rings is 1. The number of phenolic OH excluding ortho intramolecular Hbond substituents is 1. The minimum atomic E-state index is -0.412. The van der Waals surface area contributed by atoms with Crippen LogP contribution in [0.15, 0.2) is 54.0 Å². The van der Waals surface area contributed by atoms with Gasteiger partial charge in [-0.25, -0.2) is 4.98 Å². The molecule has 0 bridgehead atoms. The standard InChI is InChI=1S/C17H16N4O2S/c18-11-8-13(16(19)20-9-11)17(23)21-15(14-5-2-6-24-14)10-3-1-4-12(22)7-10/h1-9,15,22H,18H2,(H2,19,20)(H,21,23). The van der Waals surface area contributed by atoms with Crippen molar-refractivity contribution >= 4 is 28.7 Å². The Morgan fingerprint density at radius 2 is 2.04 bits per heavy atom. The Hall–Kier alpha value is -3.06. The lowest BCUT2D eigenvalue weighted by molar-refractivity contribution is 0.0944. The number of benzene rings is 1. The van der Waals surface area contributed by atoms with Gasteiger partial charge in [0.15, 0.2) is 0 Å². The fourth-order valence-corrected chi connectivity index (χ4v) is 3.16. The van der Waals surface area contributed by atoms with Crippen LogP contribution >= 0.6 is 11.3 Å². The number of hydrogen-bond donors (Lipinski definition) is 4. The summed E-state index contributed by atoms with van der Waals surface area (Å²) in [4.78, 5) is 17.5. The third-order valence-electron chi connectivity index (χ3n) is 3.49. The number of rotatable bonds is 4. The van der Waals surface area contributed by atoms with Gasteiger partial charge in [0.2, 0.25) is 0 Å². The summed E-state index contributed by atoms with van der Waals surface area (Å²) in [6, 6.07) is 11.7. The second-order valence-electron chi connectivity index (χ2n) is 5.22. The quantitative estimate of drug-likeness (QED) is 0.583. The highest BCUT2D eigenvalue weighted by atomic mass is 32.1. The number of hydrogen-bond acceptors (Lipinski definition) is 6. The summed E-state index contributed by atoms with van der Waals surface area (Å²) >= 11 is 1.51. The molecule has 1 unspecified atom stereocenters. The number of aromatic hydroxyl groups is 1. The van der Waals surface area contributed by atoms with E-state index >= 15 is 0 Å². The summed E-state index contributed by atoms with van der Waals surface area (Å²) in [5.41, 5.74) is 12.8. The van der Waals surface area contributed by atoms with Crippen molar-refractivity contribution in [3.63, 3.8) is 0 Å². The summed E-state index contributed by atoms with van der Waals surface area (Å²) in [5, 5.41) is 14.6. The topological polar surface area (TPSA) is 114 Å². The molecule has 0 radical (unpaired) electrons. The molecular weight excluding hydrogens is 324 g/mol. The predicted octanol–water partition coefficient (Wildman–Crippen LogP) is 2.53. The van der Waals surface area contributed by atoms with Crippen LogP contribution in [0.3, 0.4) is 0 Å². The lowest BCUT2D eigenvalue weighted by Gasteiger charge is -2.19. The molecule has 1 atom stereocenters. The molecule has 1 amide bonds. The molecule has 0 spiro atoms. The maximum absolute atomic E-state index is 12.6. The molecule has 0 saturated carbocycles. The molecule has 122 valence electrons. The van der Waals surface area contributed by atoms with Crippen LogP contribution in [-0.2, 0) is 0 Å². The van der Waals surface area contributed by atoms with Crippen LogP contribution < -0.4 is 16.8 Å². The van der Waals surface area contributed by atoms with Gasteiger partial charge in [-0.3, -0.25) is 4.79 Å². The fraction of sp³-hybridized carbons (Fsp3) is 0.0588. The lowest BCUT2D eigenvalue weighted by Crippen LogP contribution is -2.29. The van der Waals surface area contributed by atoms with Crippen LogP contribution in [0.2, 0.25) is 0 Å². The predicted molar refractivity (Wildman–Crippen MR) is 94.8 cm³/mol. The van der Waals surface area contributed by atoms with Gasteiger partial charge in [0.1, 0.15) is 11.6 Å². The first-order valence-corrected chi connectivity index (χ1v) is 8.07. The van der Waals surface area contributed by atoms with Crippen molar-refractivity contribution in [1.82, 2.24) is 10.3 Å². The highest BCUT2D eigenvalue weighted by molar-refractivity contribution is 7.10. The van der Waals surface area contributed by atoms with E-state index in [9.17, 15) is 9.90 Å². The Balaban J connectivity index is 1.95. The number of phenols is 1. The molecule has 6 N–H and O–H groups in total. The van der Waals surface area contributed by atoms with E-state index in [1.165, 1.54) is 23.6 Å². The summed E-state index contributed by atoms with van der Waals surface area (Å²) in [5.74, 6) is -0.134. The summed E-state index contributed by atoms with van der Waals surface area (Å²) in [6.07, 6.45) is 1.40. The van der Waals surface area contributed by atoms with Crippen molar-refractivity contribution in [2.75, 3.05) is 11.5 Å². The first-order valence-electron chi connectivity index (χ1n) is 7.19. The molecule has 3 aromatic rings. The van der Waals surface area contributed by atoms with Crippen molar-refractivity contribution in [1.29, 1.82) is 0 Å². The molecule has 0 fully saturated rings. The van der Waals surface area contributed by atoms with Gasteiger partial charge in [0.05, 0.1) is 23.5 Å². The van der Waals surface area contributed by atoms with E-state index < -0.39 is 6.04 Å². The van der Waals surface area contributed by atoms with Crippen LogP contribution in [0, 0.1) is 0 Å². The molecule has 0 aliphatic heterocycles. The first kappa shape index (κ1) is 15.8.